The van der Waals surface area contributed by atoms with E-state index in [1.165, 1.54) is 12.1 Å². The number of hydrogen-bond donors (Lipinski definition) is 1. The van der Waals surface area contributed by atoms with Crippen LogP contribution >= 0.6 is 15.9 Å². The molecule has 94 valence electrons. The highest BCUT2D eigenvalue weighted by molar-refractivity contribution is 9.10. The van der Waals surface area contributed by atoms with Crippen molar-refractivity contribution in [2.75, 3.05) is 6.61 Å². The van der Waals surface area contributed by atoms with Crippen LogP contribution in [0.1, 0.15) is 23.5 Å². The van der Waals surface area contributed by atoms with Crippen LogP contribution < -0.4 is 0 Å². The van der Waals surface area contributed by atoms with E-state index in [4.69, 9.17) is 0 Å². The zero-order valence-corrected chi connectivity index (χ0v) is 11.4. The van der Waals surface area contributed by atoms with E-state index >= 15 is 0 Å². The fourth-order valence-corrected chi connectivity index (χ4v) is 2.31. The molecule has 0 aliphatic carbocycles. The van der Waals surface area contributed by atoms with E-state index in [2.05, 4.69) is 15.9 Å². The lowest BCUT2D eigenvalue weighted by atomic mass is 9.89. The molecule has 1 atom stereocenters. The summed E-state index contributed by atoms with van der Waals surface area (Å²) in [5.41, 5.74) is 2.15. The molecule has 18 heavy (non-hydrogen) atoms. The second-order valence-electron chi connectivity index (χ2n) is 4.17. The SMILES string of the molecule is OCCC(c1ccc(F)cc1)c1ccc(Br)cc1. The van der Waals surface area contributed by atoms with Crippen molar-refractivity contribution in [1.82, 2.24) is 0 Å². The maximum atomic E-state index is 12.9. The third-order valence-corrected chi connectivity index (χ3v) is 3.49. The van der Waals surface area contributed by atoms with Gasteiger partial charge in [-0.1, -0.05) is 40.2 Å². The highest BCUT2D eigenvalue weighted by Gasteiger charge is 2.13. The summed E-state index contributed by atoms with van der Waals surface area (Å²) in [6, 6.07) is 14.5. The van der Waals surface area contributed by atoms with Crippen molar-refractivity contribution in [3.05, 3.63) is 69.9 Å². The molecule has 0 aromatic heterocycles. The van der Waals surface area contributed by atoms with Gasteiger partial charge in [0.25, 0.3) is 0 Å². The molecule has 0 aliphatic heterocycles. The average Bonchev–Trinajstić information content (AvgIpc) is 2.39. The molecular formula is C15H14BrFO. The van der Waals surface area contributed by atoms with Gasteiger partial charge in [-0.05, 0) is 41.8 Å². The van der Waals surface area contributed by atoms with Gasteiger partial charge in [-0.2, -0.15) is 0 Å². The Hall–Kier alpha value is -1.19. The van der Waals surface area contributed by atoms with E-state index in [1.807, 2.05) is 24.3 Å². The van der Waals surface area contributed by atoms with Gasteiger partial charge < -0.3 is 5.11 Å². The lowest BCUT2D eigenvalue weighted by Crippen LogP contribution is -2.03. The minimum absolute atomic E-state index is 0.101. The topological polar surface area (TPSA) is 20.2 Å². The molecule has 0 heterocycles. The molecule has 2 aromatic carbocycles. The predicted octanol–water partition coefficient (Wildman–Crippen LogP) is 4.10. The molecule has 2 aromatic rings. The lowest BCUT2D eigenvalue weighted by molar-refractivity contribution is 0.281. The van der Waals surface area contributed by atoms with Crippen molar-refractivity contribution < 1.29 is 9.50 Å². The van der Waals surface area contributed by atoms with Crippen LogP contribution in [0.2, 0.25) is 0 Å². The quantitative estimate of drug-likeness (QED) is 0.901. The molecule has 0 bridgehead atoms. The molecule has 0 fully saturated rings. The maximum absolute atomic E-state index is 12.9. The average molecular weight is 309 g/mol. The Morgan fingerprint density at radius 1 is 0.944 bits per heavy atom. The fraction of sp³-hybridized carbons (Fsp3) is 0.200. The van der Waals surface area contributed by atoms with Gasteiger partial charge in [0.2, 0.25) is 0 Å². The highest BCUT2D eigenvalue weighted by Crippen LogP contribution is 2.28. The van der Waals surface area contributed by atoms with Crippen LogP contribution in [0.4, 0.5) is 4.39 Å². The zero-order chi connectivity index (χ0) is 13.0. The number of aliphatic hydroxyl groups excluding tert-OH is 1. The molecule has 1 nitrogen and oxygen atoms in total. The van der Waals surface area contributed by atoms with Crippen molar-refractivity contribution >= 4 is 15.9 Å². The van der Waals surface area contributed by atoms with E-state index in [9.17, 15) is 9.50 Å². The summed E-state index contributed by atoms with van der Waals surface area (Å²) < 4.78 is 14.0. The van der Waals surface area contributed by atoms with Gasteiger partial charge in [0.1, 0.15) is 5.82 Å². The summed E-state index contributed by atoms with van der Waals surface area (Å²) in [5, 5.41) is 9.19. The summed E-state index contributed by atoms with van der Waals surface area (Å²) in [4.78, 5) is 0. The molecule has 0 spiro atoms. The Kier molecular flexibility index (Phi) is 4.50. The second-order valence-corrected chi connectivity index (χ2v) is 5.08. The van der Waals surface area contributed by atoms with Crippen molar-refractivity contribution in [3.63, 3.8) is 0 Å². The Bertz CT molecular complexity index is 447. The predicted molar refractivity (Wildman–Crippen MR) is 74.1 cm³/mol. The van der Waals surface area contributed by atoms with Crippen LogP contribution in [0, 0.1) is 5.82 Å². The van der Waals surface area contributed by atoms with Gasteiger partial charge in [0.05, 0.1) is 0 Å². The van der Waals surface area contributed by atoms with Crippen LogP contribution in [-0.4, -0.2) is 11.7 Å². The minimum Gasteiger partial charge on any atom is -0.396 e. The van der Waals surface area contributed by atoms with Crippen molar-refractivity contribution in [2.24, 2.45) is 0 Å². The van der Waals surface area contributed by atoms with E-state index in [0.717, 1.165) is 15.6 Å². The summed E-state index contributed by atoms with van der Waals surface area (Å²) >= 11 is 3.40. The van der Waals surface area contributed by atoms with E-state index in [1.54, 1.807) is 12.1 Å². The number of benzene rings is 2. The minimum atomic E-state index is -0.239. The molecule has 0 saturated carbocycles. The molecule has 0 amide bonds. The third-order valence-electron chi connectivity index (χ3n) is 2.96. The van der Waals surface area contributed by atoms with Gasteiger partial charge in [0.15, 0.2) is 0 Å². The number of hydrogen-bond acceptors (Lipinski definition) is 1. The zero-order valence-electron chi connectivity index (χ0n) is 9.81. The lowest BCUT2D eigenvalue weighted by Gasteiger charge is -2.17. The van der Waals surface area contributed by atoms with Crippen molar-refractivity contribution in [1.29, 1.82) is 0 Å². The Morgan fingerprint density at radius 3 is 1.94 bits per heavy atom. The van der Waals surface area contributed by atoms with Crippen LogP contribution in [0.3, 0.4) is 0 Å². The van der Waals surface area contributed by atoms with Crippen LogP contribution in [0.15, 0.2) is 53.0 Å². The Balaban J connectivity index is 2.33. The molecular weight excluding hydrogens is 295 g/mol. The summed E-state index contributed by atoms with van der Waals surface area (Å²) in [5.74, 6) is -0.138. The number of halogens is 2. The Labute approximate surface area is 114 Å². The maximum Gasteiger partial charge on any atom is 0.123 e. The molecule has 0 radical (unpaired) electrons. The van der Waals surface area contributed by atoms with Crippen molar-refractivity contribution in [3.8, 4) is 0 Å². The van der Waals surface area contributed by atoms with Crippen LogP contribution in [0.25, 0.3) is 0 Å². The first-order valence-corrected chi connectivity index (χ1v) is 6.62. The highest BCUT2D eigenvalue weighted by atomic mass is 79.9. The van der Waals surface area contributed by atoms with Crippen LogP contribution in [-0.2, 0) is 0 Å². The summed E-state index contributed by atoms with van der Waals surface area (Å²) in [6.07, 6.45) is 0.632. The molecule has 3 heteroatoms. The van der Waals surface area contributed by atoms with E-state index in [-0.39, 0.29) is 18.3 Å². The van der Waals surface area contributed by atoms with Crippen molar-refractivity contribution in [2.45, 2.75) is 12.3 Å². The van der Waals surface area contributed by atoms with E-state index in [0.29, 0.717) is 6.42 Å². The van der Waals surface area contributed by atoms with E-state index < -0.39 is 0 Å². The summed E-state index contributed by atoms with van der Waals surface area (Å²) in [7, 11) is 0. The van der Waals surface area contributed by atoms with Gasteiger partial charge in [-0.15, -0.1) is 0 Å². The standard InChI is InChI=1S/C15H14BrFO/c16-13-5-1-11(2-6-13)15(9-10-18)12-3-7-14(17)8-4-12/h1-8,15,18H,9-10H2. The first kappa shape index (κ1) is 13.2. The molecule has 2 rings (SSSR count). The molecule has 0 aliphatic rings. The summed E-state index contributed by atoms with van der Waals surface area (Å²) in [6.45, 7) is 0.109. The largest absolute Gasteiger partial charge is 0.396 e. The monoisotopic (exact) mass is 308 g/mol. The Morgan fingerprint density at radius 2 is 1.44 bits per heavy atom. The second kappa shape index (κ2) is 6.12. The van der Waals surface area contributed by atoms with Gasteiger partial charge in [-0.3, -0.25) is 0 Å². The van der Waals surface area contributed by atoms with Gasteiger partial charge in [-0.25, -0.2) is 4.39 Å². The molecule has 0 saturated heterocycles. The van der Waals surface area contributed by atoms with Gasteiger partial charge >= 0.3 is 0 Å². The fourth-order valence-electron chi connectivity index (χ4n) is 2.05. The first-order valence-electron chi connectivity index (χ1n) is 5.82. The van der Waals surface area contributed by atoms with Gasteiger partial charge in [0, 0.05) is 17.0 Å². The smallest absolute Gasteiger partial charge is 0.123 e. The first-order chi connectivity index (χ1) is 8.70. The third kappa shape index (κ3) is 3.18. The number of rotatable bonds is 4. The molecule has 1 unspecified atom stereocenters. The van der Waals surface area contributed by atoms with Crippen LogP contribution in [0.5, 0.6) is 0 Å². The number of aliphatic hydroxyl groups is 1. The molecule has 1 N–H and O–H groups in total. The normalized spacial score (nSPS) is 12.4.